The molecule has 0 N–H and O–H groups in total. The van der Waals surface area contributed by atoms with E-state index in [0.29, 0.717) is 0 Å². The van der Waals surface area contributed by atoms with Gasteiger partial charge in [-0.25, -0.2) is 4.98 Å². The van der Waals surface area contributed by atoms with Crippen molar-refractivity contribution < 1.29 is 4.74 Å². The van der Waals surface area contributed by atoms with Crippen LogP contribution in [-0.2, 0) is 0 Å². The van der Waals surface area contributed by atoms with Crippen molar-refractivity contribution in [1.82, 2.24) is 9.38 Å². The van der Waals surface area contributed by atoms with Crippen LogP contribution in [-0.4, -0.2) is 16.5 Å². The largest absolute Gasteiger partial charge is 0.494 e. The molecule has 0 amide bonds. The highest BCUT2D eigenvalue weighted by Crippen LogP contribution is 2.26. The summed E-state index contributed by atoms with van der Waals surface area (Å²) in [4.78, 5) is 4.48. The summed E-state index contributed by atoms with van der Waals surface area (Å²) in [6.07, 6.45) is 3.82. The first-order valence-corrected chi connectivity index (χ1v) is 6.35. The predicted octanol–water partition coefficient (Wildman–Crippen LogP) is 3.77. The average Bonchev–Trinajstić information content (AvgIpc) is 2.82. The van der Waals surface area contributed by atoms with E-state index in [4.69, 9.17) is 4.74 Å². The van der Waals surface area contributed by atoms with Crippen molar-refractivity contribution in [3.63, 3.8) is 0 Å². The summed E-state index contributed by atoms with van der Waals surface area (Å²) in [5.41, 5.74) is 2.03. The minimum atomic E-state index is 0.825. The third kappa shape index (κ3) is 1.78. The predicted molar refractivity (Wildman–Crippen MR) is 74.9 cm³/mol. The third-order valence-corrected chi connectivity index (χ3v) is 3.33. The van der Waals surface area contributed by atoms with Crippen LogP contribution in [0.1, 0.15) is 0 Å². The van der Waals surface area contributed by atoms with Crippen molar-refractivity contribution in [3.05, 3.63) is 53.3 Å². The zero-order valence-corrected chi connectivity index (χ0v) is 11.4. The lowest BCUT2D eigenvalue weighted by Crippen LogP contribution is -1.91. The van der Waals surface area contributed by atoms with Gasteiger partial charge in [-0.2, -0.15) is 0 Å². The second-order valence-electron chi connectivity index (χ2n) is 3.92. The van der Waals surface area contributed by atoms with E-state index >= 15 is 0 Å². The van der Waals surface area contributed by atoms with Gasteiger partial charge in [-0.05, 0) is 24.3 Å². The molecule has 18 heavy (non-hydrogen) atoms. The number of hydrogen-bond acceptors (Lipinski definition) is 2. The average molecular weight is 303 g/mol. The van der Waals surface area contributed by atoms with Gasteiger partial charge in [0.15, 0.2) is 0 Å². The molecule has 2 heterocycles. The molecule has 4 heteroatoms. The van der Waals surface area contributed by atoms with Crippen molar-refractivity contribution in [2.75, 3.05) is 7.11 Å². The number of benzene rings is 1. The van der Waals surface area contributed by atoms with Gasteiger partial charge < -0.3 is 4.74 Å². The molecule has 0 bridgehead atoms. The fraction of sp³-hybridized carbons (Fsp3) is 0.0714. The van der Waals surface area contributed by atoms with Crippen LogP contribution in [0.25, 0.3) is 16.9 Å². The zero-order valence-electron chi connectivity index (χ0n) is 9.80. The maximum atomic E-state index is 5.33. The van der Waals surface area contributed by atoms with E-state index in [9.17, 15) is 0 Å². The van der Waals surface area contributed by atoms with Crippen molar-refractivity contribution in [2.24, 2.45) is 0 Å². The number of fused-ring (bicyclic) bond motifs is 1. The molecule has 3 nitrogen and oxygen atoms in total. The lowest BCUT2D eigenvalue weighted by Gasteiger charge is -2.05. The molecule has 1 aromatic carbocycles. The summed E-state index contributed by atoms with van der Waals surface area (Å²) >= 11 is 3.48. The highest BCUT2D eigenvalue weighted by Gasteiger charge is 2.09. The topological polar surface area (TPSA) is 26.5 Å². The van der Waals surface area contributed by atoms with Gasteiger partial charge in [-0.15, -0.1) is 0 Å². The van der Waals surface area contributed by atoms with Gasteiger partial charge in [0.25, 0.3) is 0 Å². The Bertz CT molecular complexity index is 706. The lowest BCUT2D eigenvalue weighted by molar-refractivity contribution is 0.418. The molecule has 0 atom stereocenters. The monoisotopic (exact) mass is 302 g/mol. The minimum absolute atomic E-state index is 0.825. The number of imidazole rings is 1. The van der Waals surface area contributed by atoms with Gasteiger partial charge in [0.05, 0.1) is 13.3 Å². The number of ether oxygens (including phenoxy) is 1. The van der Waals surface area contributed by atoms with E-state index < -0.39 is 0 Å². The number of rotatable bonds is 2. The van der Waals surface area contributed by atoms with Crippen LogP contribution < -0.4 is 4.74 Å². The normalized spacial score (nSPS) is 10.8. The molecule has 3 aromatic rings. The van der Waals surface area contributed by atoms with Crippen molar-refractivity contribution in [2.45, 2.75) is 0 Å². The van der Waals surface area contributed by atoms with Crippen LogP contribution in [0.3, 0.4) is 0 Å². The highest BCUT2D eigenvalue weighted by molar-refractivity contribution is 9.10. The van der Waals surface area contributed by atoms with Crippen molar-refractivity contribution in [3.8, 4) is 17.1 Å². The Morgan fingerprint density at radius 3 is 2.89 bits per heavy atom. The van der Waals surface area contributed by atoms with Crippen LogP contribution in [0.2, 0.25) is 0 Å². The SMILES string of the molecule is COc1cccn2c(-c3cccc(Br)c3)ncc12. The number of nitrogens with zero attached hydrogens (tertiary/aromatic N) is 2. The second-order valence-corrected chi connectivity index (χ2v) is 4.84. The molecular weight excluding hydrogens is 292 g/mol. The molecule has 0 aliphatic carbocycles. The zero-order chi connectivity index (χ0) is 12.5. The summed E-state index contributed by atoms with van der Waals surface area (Å²) in [5, 5.41) is 0. The summed E-state index contributed by atoms with van der Waals surface area (Å²) in [7, 11) is 1.67. The van der Waals surface area contributed by atoms with E-state index in [1.54, 1.807) is 7.11 Å². The number of halogens is 1. The van der Waals surface area contributed by atoms with E-state index in [-0.39, 0.29) is 0 Å². The van der Waals surface area contributed by atoms with Gasteiger partial charge in [0.2, 0.25) is 0 Å². The summed E-state index contributed by atoms with van der Waals surface area (Å²) in [5.74, 6) is 1.73. The molecule has 90 valence electrons. The van der Waals surface area contributed by atoms with Gasteiger partial charge in [0.1, 0.15) is 17.1 Å². The quantitative estimate of drug-likeness (QED) is 0.720. The first-order valence-electron chi connectivity index (χ1n) is 5.55. The Morgan fingerprint density at radius 2 is 2.11 bits per heavy atom. The maximum absolute atomic E-state index is 5.33. The number of aromatic nitrogens is 2. The van der Waals surface area contributed by atoms with E-state index in [1.165, 1.54) is 0 Å². The molecule has 0 saturated heterocycles. The fourth-order valence-corrected chi connectivity index (χ4v) is 2.41. The third-order valence-electron chi connectivity index (χ3n) is 2.83. The Balaban J connectivity index is 2.25. The number of hydrogen-bond donors (Lipinski definition) is 0. The Hall–Kier alpha value is -1.81. The lowest BCUT2D eigenvalue weighted by atomic mass is 10.2. The molecule has 0 spiro atoms. The molecule has 0 unspecified atom stereocenters. The standard InChI is InChI=1S/C14H11BrN2O/c1-18-13-6-3-7-17-12(13)9-16-14(17)10-4-2-5-11(15)8-10/h2-9H,1H3. The minimum Gasteiger partial charge on any atom is -0.494 e. The summed E-state index contributed by atoms with van der Waals surface area (Å²) in [6.45, 7) is 0. The molecule has 0 saturated carbocycles. The van der Waals surface area contributed by atoms with Gasteiger partial charge in [-0.3, -0.25) is 4.40 Å². The van der Waals surface area contributed by atoms with E-state index in [2.05, 4.69) is 20.9 Å². The van der Waals surface area contributed by atoms with Gasteiger partial charge in [-0.1, -0.05) is 28.1 Å². The number of methoxy groups -OCH3 is 1. The highest BCUT2D eigenvalue weighted by atomic mass is 79.9. The maximum Gasteiger partial charge on any atom is 0.144 e. The molecule has 2 aromatic heterocycles. The summed E-state index contributed by atoms with van der Waals surface area (Å²) in [6, 6.07) is 12.0. The fourth-order valence-electron chi connectivity index (χ4n) is 2.01. The molecule has 0 aliphatic heterocycles. The Morgan fingerprint density at radius 1 is 1.22 bits per heavy atom. The molecule has 0 radical (unpaired) electrons. The Kier molecular flexibility index (Phi) is 2.80. The molecular formula is C14H11BrN2O. The van der Waals surface area contributed by atoms with Crippen molar-refractivity contribution >= 4 is 21.4 Å². The van der Waals surface area contributed by atoms with E-state index in [1.807, 2.05) is 53.2 Å². The summed E-state index contributed by atoms with van der Waals surface area (Å²) < 4.78 is 8.40. The van der Waals surface area contributed by atoms with E-state index in [0.717, 1.165) is 27.1 Å². The van der Waals surface area contributed by atoms with Crippen LogP contribution in [0, 0.1) is 0 Å². The first kappa shape index (κ1) is 11.3. The van der Waals surface area contributed by atoms with Crippen molar-refractivity contribution in [1.29, 1.82) is 0 Å². The second kappa shape index (κ2) is 4.46. The van der Waals surface area contributed by atoms with Crippen LogP contribution >= 0.6 is 15.9 Å². The molecule has 3 rings (SSSR count). The smallest absolute Gasteiger partial charge is 0.144 e. The first-order chi connectivity index (χ1) is 8.79. The molecule has 0 fully saturated rings. The Labute approximate surface area is 113 Å². The number of pyridine rings is 1. The van der Waals surface area contributed by atoms with Gasteiger partial charge in [0, 0.05) is 16.2 Å². The molecule has 0 aliphatic rings. The van der Waals surface area contributed by atoms with Crippen LogP contribution in [0.5, 0.6) is 5.75 Å². The van der Waals surface area contributed by atoms with Gasteiger partial charge >= 0.3 is 0 Å². The van der Waals surface area contributed by atoms with Crippen LogP contribution in [0.15, 0.2) is 53.3 Å². The van der Waals surface area contributed by atoms with Crippen LogP contribution in [0.4, 0.5) is 0 Å².